The van der Waals surface area contributed by atoms with Crippen LogP contribution in [0.4, 0.5) is 11.4 Å². The predicted octanol–water partition coefficient (Wildman–Crippen LogP) is 4.47. The monoisotopic (exact) mass is 384 g/mol. The van der Waals surface area contributed by atoms with Gasteiger partial charge in [-0.25, -0.2) is 0 Å². The Bertz CT molecular complexity index is 841. The Labute approximate surface area is 148 Å². The van der Waals surface area contributed by atoms with Crippen LogP contribution in [0.3, 0.4) is 0 Å². The van der Waals surface area contributed by atoms with Gasteiger partial charge < -0.3 is 10.6 Å². The first-order valence-electron chi connectivity index (χ1n) is 8.11. The molecule has 2 N–H and O–H groups in total. The molecule has 1 aliphatic heterocycles. The van der Waals surface area contributed by atoms with Crippen molar-refractivity contribution in [2.45, 2.75) is 31.1 Å². The fourth-order valence-corrected chi connectivity index (χ4v) is 4.20. The van der Waals surface area contributed by atoms with Gasteiger partial charge in [-0.15, -0.1) is 0 Å². The van der Waals surface area contributed by atoms with Crippen LogP contribution in [0.25, 0.3) is 0 Å². The van der Waals surface area contributed by atoms with Gasteiger partial charge in [0.1, 0.15) is 0 Å². The second-order valence-electron chi connectivity index (χ2n) is 6.47. The summed E-state index contributed by atoms with van der Waals surface area (Å²) < 4.78 is 0.865. The summed E-state index contributed by atoms with van der Waals surface area (Å²) in [6.07, 6.45) is 3.91. The normalized spacial score (nSPS) is 17.6. The van der Waals surface area contributed by atoms with Crippen LogP contribution in [0.2, 0.25) is 0 Å². The number of nitrogens with one attached hydrogen (secondary N) is 2. The van der Waals surface area contributed by atoms with Crippen molar-refractivity contribution in [1.29, 1.82) is 0 Å². The summed E-state index contributed by atoms with van der Waals surface area (Å²) in [5.41, 5.74) is 2.82. The molecule has 0 saturated heterocycles. The molecule has 2 aliphatic rings. The molecule has 0 unspecified atom stereocenters. The van der Waals surface area contributed by atoms with Gasteiger partial charge in [-0.05, 0) is 54.8 Å². The number of rotatable bonds is 2. The van der Waals surface area contributed by atoms with E-state index in [1.165, 1.54) is 0 Å². The number of anilines is 2. The van der Waals surface area contributed by atoms with Gasteiger partial charge in [-0.1, -0.05) is 34.8 Å². The van der Waals surface area contributed by atoms with E-state index in [-0.39, 0.29) is 11.8 Å². The van der Waals surface area contributed by atoms with Crippen molar-refractivity contribution in [3.05, 3.63) is 58.1 Å². The molecule has 122 valence electrons. The number of hydrogen-bond donors (Lipinski definition) is 2. The minimum absolute atomic E-state index is 0.102. The Hall–Kier alpha value is -2.14. The molecule has 1 spiro atoms. The molecular weight excluding hydrogens is 368 g/mol. The van der Waals surface area contributed by atoms with E-state index >= 15 is 0 Å². The van der Waals surface area contributed by atoms with E-state index in [1.54, 1.807) is 12.1 Å². The molecule has 0 aromatic heterocycles. The molecule has 2 aromatic carbocycles. The van der Waals surface area contributed by atoms with Crippen LogP contribution in [0, 0.1) is 0 Å². The summed E-state index contributed by atoms with van der Waals surface area (Å²) in [7, 11) is 0. The van der Waals surface area contributed by atoms with Crippen molar-refractivity contribution in [1.82, 2.24) is 0 Å². The molecular formula is C19H17BrN2O2. The molecule has 2 aromatic rings. The van der Waals surface area contributed by atoms with Crippen molar-refractivity contribution >= 4 is 39.1 Å². The van der Waals surface area contributed by atoms with E-state index in [2.05, 4.69) is 26.6 Å². The molecule has 24 heavy (non-hydrogen) atoms. The molecule has 2 amide bonds. The topological polar surface area (TPSA) is 58.2 Å². The highest BCUT2D eigenvalue weighted by Crippen LogP contribution is 2.49. The van der Waals surface area contributed by atoms with E-state index in [1.807, 2.05) is 30.3 Å². The maximum absolute atomic E-state index is 12.4. The fourth-order valence-electron chi connectivity index (χ4n) is 3.80. The van der Waals surface area contributed by atoms with E-state index in [9.17, 15) is 9.59 Å². The van der Waals surface area contributed by atoms with Crippen molar-refractivity contribution in [3.63, 3.8) is 0 Å². The van der Waals surface area contributed by atoms with Crippen LogP contribution < -0.4 is 10.6 Å². The van der Waals surface area contributed by atoms with Gasteiger partial charge in [0, 0.05) is 21.4 Å². The predicted molar refractivity (Wildman–Crippen MR) is 97.3 cm³/mol. The lowest BCUT2D eigenvalue weighted by atomic mass is 9.80. The van der Waals surface area contributed by atoms with E-state index in [0.29, 0.717) is 5.56 Å². The fraction of sp³-hybridized carbons (Fsp3) is 0.263. The van der Waals surface area contributed by atoms with E-state index in [4.69, 9.17) is 0 Å². The highest BCUT2D eigenvalue weighted by Gasteiger charge is 2.48. The maximum Gasteiger partial charge on any atom is 0.255 e. The van der Waals surface area contributed by atoms with Gasteiger partial charge in [0.05, 0.1) is 5.41 Å². The second-order valence-corrected chi connectivity index (χ2v) is 7.38. The zero-order chi connectivity index (χ0) is 16.7. The number of halogens is 1. The highest BCUT2D eigenvalue weighted by atomic mass is 79.9. The van der Waals surface area contributed by atoms with E-state index < -0.39 is 5.41 Å². The third kappa shape index (κ3) is 2.44. The SMILES string of the molecule is O=C(Nc1ccc2c(c1)C1(CCCC1)C(=O)N2)c1cccc(Br)c1. The highest BCUT2D eigenvalue weighted by molar-refractivity contribution is 9.10. The molecule has 4 rings (SSSR count). The summed E-state index contributed by atoms with van der Waals surface area (Å²) >= 11 is 3.38. The number of carbonyl (C=O) groups excluding carboxylic acids is 2. The average Bonchev–Trinajstić information content (AvgIpc) is 3.16. The minimum atomic E-state index is -0.397. The van der Waals surface area contributed by atoms with Crippen LogP contribution in [0.5, 0.6) is 0 Å². The molecule has 0 atom stereocenters. The Balaban J connectivity index is 1.64. The molecule has 0 radical (unpaired) electrons. The molecule has 1 fully saturated rings. The van der Waals surface area contributed by atoms with E-state index in [0.717, 1.165) is 47.1 Å². The lowest BCUT2D eigenvalue weighted by Gasteiger charge is -2.21. The number of hydrogen-bond acceptors (Lipinski definition) is 2. The number of benzene rings is 2. The Morgan fingerprint density at radius 2 is 1.92 bits per heavy atom. The zero-order valence-corrected chi connectivity index (χ0v) is 14.7. The summed E-state index contributed by atoms with van der Waals surface area (Å²) in [5, 5.41) is 5.93. The maximum atomic E-state index is 12.4. The largest absolute Gasteiger partial charge is 0.325 e. The van der Waals surface area contributed by atoms with Gasteiger partial charge in [-0.2, -0.15) is 0 Å². The molecule has 1 heterocycles. The molecule has 1 saturated carbocycles. The lowest BCUT2D eigenvalue weighted by molar-refractivity contribution is -0.120. The van der Waals surface area contributed by atoms with Crippen molar-refractivity contribution in [2.24, 2.45) is 0 Å². The van der Waals surface area contributed by atoms with Gasteiger partial charge in [0.2, 0.25) is 5.91 Å². The number of fused-ring (bicyclic) bond motifs is 2. The van der Waals surface area contributed by atoms with Crippen LogP contribution in [0.15, 0.2) is 46.9 Å². The summed E-state index contributed by atoms with van der Waals surface area (Å²) in [4.78, 5) is 24.9. The van der Waals surface area contributed by atoms with Crippen LogP contribution in [-0.4, -0.2) is 11.8 Å². The molecule has 1 aliphatic carbocycles. The smallest absolute Gasteiger partial charge is 0.255 e. The van der Waals surface area contributed by atoms with Gasteiger partial charge in [0.15, 0.2) is 0 Å². The summed E-state index contributed by atoms with van der Waals surface area (Å²) in [6, 6.07) is 12.9. The first-order valence-corrected chi connectivity index (χ1v) is 8.91. The van der Waals surface area contributed by atoms with Crippen molar-refractivity contribution in [3.8, 4) is 0 Å². The third-order valence-corrected chi connectivity index (χ3v) is 5.51. The van der Waals surface area contributed by atoms with Crippen LogP contribution in [-0.2, 0) is 10.2 Å². The van der Waals surface area contributed by atoms with Gasteiger partial charge in [-0.3, -0.25) is 9.59 Å². The molecule has 0 bridgehead atoms. The first-order chi connectivity index (χ1) is 11.6. The quantitative estimate of drug-likeness (QED) is 0.802. The van der Waals surface area contributed by atoms with Crippen LogP contribution >= 0.6 is 15.9 Å². The van der Waals surface area contributed by atoms with Gasteiger partial charge in [0.25, 0.3) is 5.91 Å². The first kappa shape index (κ1) is 15.4. The third-order valence-electron chi connectivity index (χ3n) is 5.02. The summed E-state index contributed by atoms with van der Waals surface area (Å²) in [6.45, 7) is 0. The average molecular weight is 385 g/mol. The molecule has 4 nitrogen and oxygen atoms in total. The zero-order valence-electron chi connectivity index (χ0n) is 13.1. The minimum Gasteiger partial charge on any atom is -0.325 e. The van der Waals surface area contributed by atoms with Crippen molar-refractivity contribution < 1.29 is 9.59 Å². The Kier molecular flexibility index (Phi) is 3.68. The Morgan fingerprint density at radius 3 is 2.67 bits per heavy atom. The number of carbonyl (C=O) groups is 2. The Morgan fingerprint density at radius 1 is 1.12 bits per heavy atom. The van der Waals surface area contributed by atoms with Gasteiger partial charge >= 0.3 is 0 Å². The number of amides is 2. The standard InChI is InChI=1S/C19H17BrN2O2/c20-13-5-3-4-12(10-13)17(23)21-14-6-7-16-15(11-14)19(18(24)22-16)8-1-2-9-19/h3-7,10-11H,1-2,8-9H2,(H,21,23)(H,22,24). The lowest BCUT2D eigenvalue weighted by Crippen LogP contribution is -2.31. The van der Waals surface area contributed by atoms with Crippen molar-refractivity contribution in [2.75, 3.05) is 10.6 Å². The molecule has 5 heteroatoms. The summed E-state index contributed by atoms with van der Waals surface area (Å²) in [5.74, 6) is -0.0560. The van der Waals surface area contributed by atoms with Crippen LogP contribution in [0.1, 0.15) is 41.6 Å². The second kappa shape index (κ2) is 5.74.